The van der Waals surface area contributed by atoms with Gasteiger partial charge in [-0.25, -0.2) is 0 Å². The van der Waals surface area contributed by atoms with E-state index in [1.807, 2.05) is 55.3 Å². The molecule has 1 aromatic heterocycles. The van der Waals surface area contributed by atoms with Crippen LogP contribution in [0.3, 0.4) is 0 Å². The van der Waals surface area contributed by atoms with E-state index in [4.69, 9.17) is 0 Å². The summed E-state index contributed by atoms with van der Waals surface area (Å²) >= 11 is 0. The maximum atomic E-state index is 12.4. The van der Waals surface area contributed by atoms with Crippen LogP contribution in [-0.2, 0) is 18.4 Å². The lowest BCUT2D eigenvalue weighted by atomic mass is 9.85. The third-order valence-electron chi connectivity index (χ3n) is 5.62. The van der Waals surface area contributed by atoms with Crippen molar-refractivity contribution >= 4 is 5.91 Å². The Morgan fingerprint density at radius 1 is 1.32 bits per heavy atom. The number of rotatable bonds is 8. The second-order valence-electron chi connectivity index (χ2n) is 7.88. The molecule has 1 N–H and O–H groups in total. The largest absolute Gasteiger partial charge is 0.351 e. The van der Waals surface area contributed by atoms with E-state index in [0.29, 0.717) is 25.0 Å². The Bertz CT molecular complexity index is 744. The van der Waals surface area contributed by atoms with E-state index in [0.717, 1.165) is 25.2 Å². The third kappa shape index (κ3) is 5.42. The molecule has 1 amide bonds. The van der Waals surface area contributed by atoms with Gasteiger partial charge in [-0.15, -0.1) is 0 Å². The predicted octanol–water partition coefficient (Wildman–Crippen LogP) is 2.44. The minimum Gasteiger partial charge on any atom is -0.351 e. The predicted molar refractivity (Wildman–Crippen MR) is 112 cm³/mol. The molecule has 1 aliphatic heterocycles. The Balaban J connectivity index is 1.56. The van der Waals surface area contributed by atoms with Crippen LogP contribution in [-0.4, -0.2) is 58.7 Å². The van der Waals surface area contributed by atoms with Crippen LogP contribution in [0.25, 0.3) is 0 Å². The fourth-order valence-electron chi connectivity index (χ4n) is 4.34. The van der Waals surface area contributed by atoms with Gasteiger partial charge in [0, 0.05) is 37.9 Å². The van der Waals surface area contributed by atoms with Crippen LogP contribution in [0.15, 0.2) is 42.7 Å². The third-order valence-corrected chi connectivity index (χ3v) is 5.62. The molecule has 152 valence electrons. The highest BCUT2D eigenvalue weighted by molar-refractivity contribution is 5.77. The molecule has 3 rings (SSSR count). The van der Waals surface area contributed by atoms with Crippen LogP contribution in [0.1, 0.15) is 36.9 Å². The van der Waals surface area contributed by atoms with E-state index in [1.54, 1.807) is 0 Å². The number of carbonyl (C=O) groups excluding carboxylic acids is 1. The van der Waals surface area contributed by atoms with Crippen molar-refractivity contribution in [3.63, 3.8) is 0 Å². The topological polar surface area (TPSA) is 53.4 Å². The first-order valence-electron chi connectivity index (χ1n) is 10.3. The van der Waals surface area contributed by atoms with Crippen LogP contribution in [0.5, 0.6) is 0 Å². The van der Waals surface area contributed by atoms with Crippen molar-refractivity contribution in [2.75, 3.05) is 33.2 Å². The number of hydrogen-bond donors (Lipinski definition) is 1. The number of nitrogens with one attached hydrogen (secondary N) is 1. The average Bonchev–Trinajstić information content (AvgIpc) is 3.12. The molecule has 2 atom stereocenters. The molecule has 6 heteroatoms. The Kier molecular flexibility index (Phi) is 7.23. The SMILES string of the molecule is CCN1CCC[C@@H](CN(C)CC(=O)NCc2ccccc2)[C@@H]1c1cnn(C)c1. The van der Waals surface area contributed by atoms with E-state index in [1.165, 1.54) is 18.4 Å². The molecule has 1 fully saturated rings. The minimum absolute atomic E-state index is 0.0763. The van der Waals surface area contributed by atoms with Crippen molar-refractivity contribution in [2.45, 2.75) is 32.4 Å². The highest BCUT2D eigenvalue weighted by Gasteiger charge is 2.33. The van der Waals surface area contributed by atoms with Crippen LogP contribution in [0.4, 0.5) is 0 Å². The van der Waals surface area contributed by atoms with Gasteiger partial charge in [0.15, 0.2) is 0 Å². The molecular formula is C22H33N5O. The second-order valence-corrected chi connectivity index (χ2v) is 7.88. The normalized spacial score (nSPS) is 20.4. The molecule has 1 aliphatic rings. The van der Waals surface area contributed by atoms with Gasteiger partial charge in [-0.05, 0) is 44.5 Å². The first kappa shape index (κ1) is 20.6. The highest BCUT2D eigenvalue weighted by atomic mass is 16.2. The summed E-state index contributed by atoms with van der Waals surface area (Å²) in [5.74, 6) is 0.581. The monoisotopic (exact) mass is 383 g/mol. The molecule has 0 spiro atoms. The lowest BCUT2D eigenvalue weighted by Gasteiger charge is -2.42. The number of nitrogens with zero attached hydrogens (tertiary/aromatic N) is 4. The van der Waals surface area contributed by atoms with E-state index in [-0.39, 0.29) is 5.91 Å². The number of likely N-dealkylation sites (tertiary alicyclic amines) is 1. The van der Waals surface area contributed by atoms with Gasteiger partial charge in [0.2, 0.25) is 5.91 Å². The maximum absolute atomic E-state index is 12.4. The number of carbonyl (C=O) groups is 1. The smallest absolute Gasteiger partial charge is 0.234 e. The molecule has 2 heterocycles. The van der Waals surface area contributed by atoms with E-state index >= 15 is 0 Å². The van der Waals surface area contributed by atoms with Crippen LogP contribution >= 0.6 is 0 Å². The van der Waals surface area contributed by atoms with Gasteiger partial charge in [-0.2, -0.15) is 5.10 Å². The Hall–Kier alpha value is -2.18. The fourth-order valence-corrected chi connectivity index (χ4v) is 4.34. The summed E-state index contributed by atoms with van der Waals surface area (Å²) in [4.78, 5) is 17.1. The first-order valence-corrected chi connectivity index (χ1v) is 10.3. The number of benzene rings is 1. The first-order chi connectivity index (χ1) is 13.6. The molecule has 28 heavy (non-hydrogen) atoms. The van der Waals surface area contributed by atoms with Gasteiger partial charge in [-0.3, -0.25) is 19.3 Å². The van der Waals surface area contributed by atoms with Crippen LogP contribution in [0, 0.1) is 5.92 Å². The highest BCUT2D eigenvalue weighted by Crippen LogP contribution is 2.36. The zero-order valence-corrected chi connectivity index (χ0v) is 17.3. The van der Waals surface area contributed by atoms with Gasteiger partial charge in [0.1, 0.15) is 0 Å². The summed E-state index contributed by atoms with van der Waals surface area (Å²) in [6, 6.07) is 10.4. The van der Waals surface area contributed by atoms with Crippen molar-refractivity contribution in [3.8, 4) is 0 Å². The molecule has 2 aromatic rings. The number of likely N-dealkylation sites (N-methyl/N-ethyl adjacent to an activating group) is 1. The van der Waals surface area contributed by atoms with Gasteiger partial charge in [0.05, 0.1) is 12.7 Å². The van der Waals surface area contributed by atoms with Gasteiger partial charge < -0.3 is 5.32 Å². The molecule has 1 aromatic carbocycles. The average molecular weight is 384 g/mol. The number of amides is 1. The molecule has 0 unspecified atom stereocenters. The molecule has 6 nitrogen and oxygen atoms in total. The zero-order chi connectivity index (χ0) is 19.9. The van der Waals surface area contributed by atoms with Crippen LogP contribution < -0.4 is 5.32 Å². The summed E-state index contributed by atoms with van der Waals surface area (Å²) in [5.41, 5.74) is 2.41. The molecule has 0 radical (unpaired) electrons. The van der Waals surface area contributed by atoms with Gasteiger partial charge in [-0.1, -0.05) is 37.3 Å². The second kappa shape index (κ2) is 9.85. The number of piperidine rings is 1. The summed E-state index contributed by atoms with van der Waals surface area (Å²) < 4.78 is 1.88. The summed E-state index contributed by atoms with van der Waals surface area (Å²) in [7, 11) is 4.02. The Morgan fingerprint density at radius 2 is 2.11 bits per heavy atom. The standard InChI is InChI=1S/C22H33N5O/c1-4-27-12-8-11-19(22(27)20-14-24-26(3)16-20)15-25(2)17-21(28)23-13-18-9-6-5-7-10-18/h5-7,9-10,14,16,19,22H,4,8,11-13,15,17H2,1-3H3,(H,23,28)/t19-,22+/m0/s1. The Morgan fingerprint density at radius 3 is 2.79 bits per heavy atom. The van der Waals surface area contributed by atoms with Crippen molar-refractivity contribution in [1.82, 2.24) is 24.9 Å². The molecule has 0 bridgehead atoms. The van der Waals surface area contributed by atoms with E-state index < -0.39 is 0 Å². The summed E-state index contributed by atoms with van der Waals surface area (Å²) in [5, 5.41) is 7.42. The maximum Gasteiger partial charge on any atom is 0.234 e. The van der Waals surface area contributed by atoms with E-state index in [9.17, 15) is 4.79 Å². The van der Waals surface area contributed by atoms with E-state index in [2.05, 4.69) is 33.3 Å². The summed E-state index contributed by atoms with van der Waals surface area (Å²) in [6.45, 7) is 6.32. The van der Waals surface area contributed by atoms with Crippen molar-refractivity contribution in [3.05, 3.63) is 53.9 Å². The molecule has 0 saturated carbocycles. The fraction of sp³-hybridized carbons (Fsp3) is 0.545. The molecular weight excluding hydrogens is 350 g/mol. The number of aryl methyl sites for hydroxylation is 1. The quantitative estimate of drug-likeness (QED) is 0.761. The summed E-state index contributed by atoms with van der Waals surface area (Å²) in [6.07, 6.45) is 6.53. The molecule has 1 saturated heterocycles. The van der Waals surface area contributed by atoms with Crippen molar-refractivity contribution < 1.29 is 4.79 Å². The lowest BCUT2D eigenvalue weighted by molar-refractivity contribution is -0.122. The van der Waals surface area contributed by atoms with Crippen molar-refractivity contribution in [1.29, 1.82) is 0 Å². The zero-order valence-electron chi connectivity index (χ0n) is 17.3. The number of hydrogen-bond acceptors (Lipinski definition) is 4. The van der Waals surface area contributed by atoms with Gasteiger partial charge in [0.25, 0.3) is 0 Å². The molecule has 0 aliphatic carbocycles. The number of aromatic nitrogens is 2. The van der Waals surface area contributed by atoms with Gasteiger partial charge >= 0.3 is 0 Å². The lowest BCUT2D eigenvalue weighted by Crippen LogP contribution is -2.44. The minimum atomic E-state index is 0.0763. The Labute approximate surface area is 168 Å². The van der Waals surface area contributed by atoms with Crippen molar-refractivity contribution in [2.24, 2.45) is 13.0 Å². The van der Waals surface area contributed by atoms with Crippen LogP contribution in [0.2, 0.25) is 0 Å².